The zero-order chi connectivity index (χ0) is 25.6. The SMILES string of the molecule is Cn1c(=O)c2[nH]cnc2n(C)c1=O.NCCCC[C@H](N)C(=O)O.NCCCC[C@H](N)C(=O)O. The number of unbranched alkanes of at least 4 members (excludes halogenated alkanes) is 2. The van der Waals surface area contributed by atoms with E-state index in [1.165, 1.54) is 17.9 Å². The molecule has 0 aliphatic carbocycles. The summed E-state index contributed by atoms with van der Waals surface area (Å²) in [6.45, 7) is 1.21. The summed E-state index contributed by atoms with van der Waals surface area (Å²) in [7, 11) is 3.01. The zero-order valence-corrected chi connectivity index (χ0v) is 19.1. The van der Waals surface area contributed by atoms with Crippen LogP contribution in [0.15, 0.2) is 15.9 Å². The lowest BCUT2D eigenvalue weighted by Gasteiger charge is -2.03. The second-order valence-corrected chi connectivity index (χ2v) is 7.27. The van der Waals surface area contributed by atoms with Crippen molar-refractivity contribution in [3.8, 4) is 0 Å². The topological polar surface area (TPSA) is 251 Å². The molecule has 0 fully saturated rings. The van der Waals surface area contributed by atoms with E-state index in [0.29, 0.717) is 37.1 Å². The van der Waals surface area contributed by atoms with E-state index in [0.717, 1.165) is 30.3 Å². The molecule has 0 saturated carbocycles. The maximum absolute atomic E-state index is 11.4. The van der Waals surface area contributed by atoms with Crippen LogP contribution in [-0.2, 0) is 23.7 Å². The quantitative estimate of drug-likeness (QED) is 0.186. The Kier molecular flexibility index (Phi) is 14.2. The molecule has 188 valence electrons. The molecule has 2 rings (SSSR count). The van der Waals surface area contributed by atoms with Crippen LogP contribution in [0.5, 0.6) is 0 Å². The fraction of sp³-hybridized carbons (Fsp3) is 0.632. The smallest absolute Gasteiger partial charge is 0.332 e. The van der Waals surface area contributed by atoms with Gasteiger partial charge < -0.3 is 38.1 Å². The van der Waals surface area contributed by atoms with E-state index in [1.807, 2.05) is 0 Å². The molecule has 0 amide bonds. The Morgan fingerprint density at radius 1 is 0.939 bits per heavy atom. The third kappa shape index (κ3) is 10.4. The highest BCUT2D eigenvalue weighted by Crippen LogP contribution is 1.98. The molecule has 14 heteroatoms. The average molecular weight is 473 g/mol. The number of nitrogens with one attached hydrogen (secondary N) is 1. The van der Waals surface area contributed by atoms with Gasteiger partial charge >= 0.3 is 17.6 Å². The number of aromatic amines is 1. The van der Waals surface area contributed by atoms with E-state index >= 15 is 0 Å². The molecule has 2 aromatic rings. The summed E-state index contributed by atoms with van der Waals surface area (Å²) in [5.41, 5.74) is 20.9. The number of H-pyrrole nitrogens is 1. The maximum Gasteiger partial charge on any atom is 0.332 e. The average Bonchev–Trinajstić information content (AvgIpc) is 3.27. The van der Waals surface area contributed by atoms with E-state index < -0.39 is 24.0 Å². The van der Waals surface area contributed by atoms with Crippen LogP contribution in [0, 0.1) is 0 Å². The summed E-state index contributed by atoms with van der Waals surface area (Å²) in [4.78, 5) is 49.7. The van der Waals surface area contributed by atoms with Crippen molar-refractivity contribution in [2.45, 2.75) is 50.6 Å². The highest BCUT2D eigenvalue weighted by molar-refractivity contribution is 5.73. The number of aromatic nitrogens is 4. The molecule has 2 atom stereocenters. The number of fused-ring (bicyclic) bond motifs is 1. The van der Waals surface area contributed by atoms with Crippen molar-refractivity contribution in [3.05, 3.63) is 27.2 Å². The molecule has 14 nitrogen and oxygen atoms in total. The third-order valence-electron chi connectivity index (χ3n) is 4.60. The number of carbonyl (C=O) groups is 2. The summed E-state index contributed by atoms with van der Waals surface area (Å²) in [5, 5.41) is 16.7. The fourth-order valence-corrected chi connectivity index (χ4v) is 2.53. The van der Waals surface area contributed by atoms with Crippen LogP contribution >= 0.6 is 0 Å². The lowest BCUT2D eigenvalue weighted by Crippen LogP contribution is -2.36. The second-order valence-electron chi connectivity index (χ2n) is 7.27. The molecule has 0 spiro atoms. The van der Waals surface area contributed by atoms with Crippen LogP contribution in [-0.4, -0.2) is 66.4 Å². The summed E-state index contributed by atoms with van der Waals surface area (Å²) in [6, 6.07) is -1.43. The van der Waals surface area contributed by atoms with Gasteiger partial charge in [-0.3, -0.25) is 23.5 Å². The summed E-state index contributed by atoms with van der Waals surface area (Å²) in [6.07, 6.45) is 5.72. The van der Waals surface area contributed by atoms with Gasteiger partial charge in [-0.2, -0.15) is 0 Å². The van der Waals surface area contributed by atoms with Crippen LogP contribution in [0.4, 0.5) is 0 Å². The Hall–Kier alpha value is -3.07. The Labute approximate surface area is 190 Å². The largest absolute Gasteiger partial charge is 0.480 e. The van der Waals surface area contributed by atoms with Crippen LogP contribution < -0.4 is 34.2 Å². The first-order valence-corrected chi connectivity index (χ1v) is 10.5. The number of carboxylic acid groups (broad SMARTS) is 2. The van der Waals surface area contributed by atoms with Crippen LogP contribution in [0.2, 0.25) is 0 Å². The van der Waals surface area contributed by atoms with E-state index in [1.54, 1.807) is 7.05 Å². The van der Waals surface area contributed by atoms with E-state index in [4.69, 9.17) is 33.1 Å². The first kappa shape index (κ1) is 29.9. The third-order valence-corrected chi connectivity index (χ3v) is 4.60. The minimum atomic E-state index is -0.933. The molecular formula is C19H36N8O6. The summed E-state index contributed by atoms with van der Waals surface area (Å²) < 4.78 is 2.37. The molecule has 0 unspecified atom stereocenters. The number of nitrogens with zero attached hydrogens (tertiary/aromatic N) is 3. The predicted molar refractivity (Wildman–Crippen MR) is 124 cm³/mol. The van der Waals surface area contributed by atoms with Gasteiger partial charge in [0.1, 0.15) is 17.6 Å². The normalized spacial score (nSPS) is 12.2. The van der Waals surface area contributed by atoms with E-state index in [2.05, 4.69) is 9.97 Å². The Balaban J connectivity index is 0.000000474. The van der Waals surface area contributed by atoms with Crippen molar-refractivity contribution in [2.24, 2.45) is 37.0 Å². The molecule has 0 saturated heterocycles. The number of hydrogen-bond acceptors (Lipinski definition) is 9. The van der Waals surface area contributed by atoms with Crippen LogP contribution in [0.1, 0.15) is 38.5 Å². The van der Waals surface area contributed by atoms with Gasteiger partial charge in [0.2, 0.25) is 0 Å². The number of imidazole rings is 1. The number of carboxylic acids is 2. The summed E-state index contributed by atoms with van der Waals surface area (Å²) >= 11 is 0. The zero-order valence-electron chi connectivity index (χ0n) is 19.1. The maximum atomic E-state index is 11.4. The van der Waals surface area contributed by atoms with Gasteiger partial charge in [0, 0.05) is 14.1 Å². The minimum Gasteiger partial charge on any atom is -0.480 e. The molecule has 0 aliphatic rings. The predicted octanol–water partition coefficient (Wildman–Crippen LogP) is -1.99. The van der Waals surface area contributed by atoms with Crippen molar-refractivity contribution in [3.63, 3.8) is 0 Å². The minimum absolute atomic E-state index is 0.351. The lowest BCUT2D eigenvalue weighted by atomic mass is 10.1. The standard InChI is InChI=1S/C7H8N4O2.2C6H14N2O2/c1-10-5-4(8-3-9-5)6(12)11(2)7(10)13;2*7-4-2-1-3-5(8)6(9)10/h3H,1-2H3,(H,8,9);2*5H,1-4,7-8H2,(H,9,10)/t;2*5-/m.00/s1. The van der Waals surface area contributed by atoms with Crippen molar-refractivity contribution in [1.82, 2.24) is 19.1 Å². The lowest BCUT2D eigenvalue weighted by molar-refractivity contribution is -0.139. The van der Waals surface area contributed by atoms with Gasteiger partial charge in [-0.05, 0) is 38.8 Å². The fourth-order valence-electron chi connectivity index (χ4n) is 2.53. The molecular weight excluding hydrogens is 436 g/mol. The molecule has 33 heavy (non-hydrogen) atoms. The van der Waals surface area contributed by atoms with Gasteiger partial charge in [0.15, 0.2) is 5.65 Å². The Morgan fingerprint density at radius 2 is 1.39 bits per heavy atom. The molecule has 0 aromatic carbocycles. The van der Waals surface area contributed by atoms with Crippen molar-refractivity contribution in [2.75, 3.05) is 13.1 Å². The molecule has 0 bridgehead atoms. The first-order chi connectivity index (χ1) is 15.5. The van der Waals surface area contributed by atoms with Gasteiger partial charge in [-0.1, -0.05) is 12.8 Å². The molecule has 11 N–H and O–H groups in total. The number of nitrogens with two attached hydrogens (primary N) is 4. The first-order valence-electron chi connectivity index (χ1n) is 10.5. The number of aryl methyl sites for hydroxylation is 1. The highest BCUT2D eigenvalue weighted by Gasteiger charge is 2.10. The van der Waals surface area contributed by atoms with Gasteiger partial charge in [0.05, 0.1) is 6.33 Å². The van der Waals surface area contributed by atoms with E-state index in [-0.39, 0.29) is 11.2 Å². The highest BCUT2D eigenvalue weighted by atomic mass is 16.4. The molecule has 2 heterocycles. The van der Waals surface area contributed by atoms with Gasteiger partial charge in [0.25, 0.3) is 5.56 Å². The number of aliphatic carboxylic acids is 2. The van der Waals surface area contributed by atoms with Crippen molar-refractivity contribution < 1.29 is 19.8 Å². The van der Waals surface area contributed by atoms with Crippen molar-refractivity contribution >= 4 is 23.1 Å². The second kappa shape index (κ2) is 15.7. The monoisotopic (exact) mass is 472 g/mol. The van der Waals surface area contributed by atoms with Crippen LogP contribution in [0.25, 0.3) is 11.2 Å². The van der Waals surface area contributed by atoms with Gasteiger partial charge in [-0.25, -0.2) is 9.78 Å². The van der Waals surface area contributed by atoms with Crippen molar-refractivity contribution in [1.29, 1.82) is 0 Å². The Bertz CT molecular complexity index is 957. The molecule has 0 radical (unpaired) electrons. The summed E-state index contributed by atoms with van der Waals surface area (Å²) in [5.74, 6) is -1.87. The Morgan fingerprint density at radius 3 is 1.79 bits per heavy atom. The number of hydrogen-bond donors (Lipinski definition) is 7. The van der Waals surface area contributed by atoms with E-state index in [9.17, 15) is 19.2 Å². The molecule has 0 aliphatic heterocycles. The van der Waals surface area contributed by atoms with Gasteiger partial charge in [-0.15, -0.1) is 0 Å². The number of rotatable bonds is 10. The molecule has 2 aromatic heterocycles. The van der Waals surface area contributed by atoms with Crippen LogP contribution in [0.3, 0.4) is 0 Å².